The molecule has 0 fully saturated rings. The zero-order valence-corrected chi connectivity index (χ0v) is 15.6. The molecule has 0 aliphatic carbocycles. The van der Waals surface area contributed by atoms with E-state index in [4.69, 9.17) is 0 Å². The molecule has 0 atom stereocenters. The SMILES string of the molecule is CCn1cc(NC(=O)Cn2nnc3ccccc32)c(C(=O)NCC(C)C)n1. The Morgan fingerprint density at radius 3 is 2.74 bits per heavy atom. The zero-order valence-electron chi connectivity index (χ0n) is 15.6. The van der Waals surface area contributed by atoms with Crippen molar-refractivity contribution in [2.24, 2.45) is 5.92 Å². The molecule has 1 aromatic carbocycles. The van der Waals surface area contributed by atoms with Crippen LogP contribution in [0.15, 0.2) is 30.5 Å². The van der Waals surface area contributed by atoms with Gasteiger partial charge in [-0.2, -0.15) is 5.10 Å². The summed E-state index contributed by atoms with van der Waals surface area (Å²) in [6.07, 6.45) is 1.65. The highest BCUT2D eigenvalue weighted by molar-refractivity contribution is 6.02. The number of hydrogen-bond donors (Lipinski definition) is 2. The summed E-state index contributed by atoms with van der Waals surface area (Å²) in [6.45, 7) is 7.05. The normalized spacial score (nSPS) is 11.1. The number of para-hydroxylation sites is 1. The maximum atomic E-state index is 12.5. The monoisotopic (exact) mass is 369 g/mol. The quantitative estimate of drug-likeness (QED) is 0.659. The molecular formula is C18H23N7O2. The van der Waals surface area contributed by atoms with E-state index >= 15 is 0 Å². The van der Waals surface area contributed by atoms with Gasteiger partial charge in [0.15, 0.2) is 5.69 Å². The molecule has 2 heterocycles. The molecule has 0 spiro atoms. The Bertz CT molecular complexity index is 958. The summed E-state index contributed by atoms with van der Waals surface area (Å²) in [5, 5.41) is 17.9. The van der Waals surface area contributed by atoms with Crippen molar-refractivity contribution < 1.29 is 9.59 Å². The number of anilines is 1. The van der Waals surface area contributed by atoms with Crippen LogP contribution in [0.25, 0.3) is 11.0 Å². The average Bonchev–Trinajstić information content (AvgIpc) is 3.24. The van der Waals surface area contributed by atoms with Crippen LogP contribution < -0.4 is 10.6 Å². The molecule has 2 aromatic heterocycles. The maximum Gasteiger partial charge on any atom is 0.273 e. The number of fused-ring (bicyclic) bond motifs is 1. The van der Waals surface area contributed by atoms with Crippen molar-refractivity contribution in [2.75, 3.05) is 11.9 Å². The molecule has 2 amide bonds. The van der Waals surface area contributed by atoms with Crippen molar-refractivity contribution in [2.45, 2.75) is 33.9 Å². The van der Waals surface area contributed by atoms with Gasteiger partial charge in [-0.15, -0.1) is 5.10 Å². The maximum absolute atomic E-state index is 12.5. The standard InChI is InChI=1S/C18H23N7O2/c1-4-24-10-14(17(22-24)18(27)19-9-12(2)3)20-16(26)11-25-15-8-6-5-7-13(15)21-23-25/h5-8,10,12H,4,9,11H2,1-3H3,(H,19,27)(H,20,26). The van der Waals surface area contributed by atoms with E-state index in [1.54, 1.807) is 10.9 Å². The third-order valence-electron chi connectivity index (χ3n) is 3.96. The highest BCUT2D eigenvalue weighted by Gasteiger charge is 2.19. The van der Waals surface area contributed by atoms with Crippen LogP contribution >= 0.6 is 0 Å². The molecule has 142 valence electrons. The smallest absolute Gasteiger partial charge is 0.273 e. The van der Waals surface area contributed by atoms with Crippen molar-refractivity contribution >= 4 is 28.5 Å². The third kappa shape index (κ3) is 4.30. The molecule has 3 aromatic rings. The number of amides is 2. The first-order chi connectivity index (χ1) is 13.0. The van der Waals surface area contributed by atoms with Crippen LogP contribution in [-0.4, -0.2) is 43.1 Å². The van der Waals surface area contributed by atoms with Gasteiger partial charge in [0.2, 0.25) is 5.91 Å². The Morgan fingerprint density at radius 2 is 2.00 bits per heavy atom. The number of aryl methyl sites for hydroxylation is 1. The van der Waals surface area contributed by atoms with Gasteiger partial charge in [-0.1, -0.05) is 31.2 Å². The van der Waals surface area contributed by atoms with Crippen molar-refractivity contribution in [1.29, 1.82) is 0 Å². The predicted octanol–water partition coefficient (Wildman–Crippen LogP) is 1.67. The number of benzene rings is 1. The van der Waals surface area contributed by atoms with Crippen molar-refractivity contribution in [3.05, 3.63) is 36.2 Å². The summed E-state index contributed by atoms with van der Waals surface area (Å²) in [5.41, 5.74) is 2.08. The van der Waals surface area contributed by atoms with Gasteiger partial charge in [-0.25, -0.2) is 4.68 Å². The zero-order chi connectivity index (χ0) is 19.4. The van der Waals surface area contributed by atoms with Gasteiger partial charge >= 0.3 is 0 Å². The molecule has 27 heavy (non-hydrogen) atoms. The molecule has 0 saturated heterocycles. The van der Waals surface area contributed by atoms with Crippen LogP contribution in [0.5, 0.6) is 0 Å². The predicted molar refractivity (Wildman–Crippen MR) is 101 cm³/mol. The van der Waals surface area contributed by atoms with Crippen LogP contribution in [-0.2, 0) is 17.9 Å². The van der Waals surface area contributed by atoms with Gasteiger partial charge in [0.05, 0.1) is 11.2 Å². The number of carbonyl (C=O) groups is 2. The Morgan fingerprint density at radius 1 is 1.22 bits per heavy atom. The van der Waals surface area contributed by atoms with Gasteiger partial charge in [-0.05, 0) is 25.0 Å². The summed E-state index contributed by atoms with van der Waals surface area (Å²) in [7, 11) is 0. The summed E-state index contributed by atoms with van der Waals surface area (Å²) < 4.78 is 3.14. The fourth-order valence-corrected chi connectivity index (χ4v) is 2.58. The first kappa shape index (κ1) is 18.6. The number of nitrogens with zero attached hydrogens (tertiary/aromatic N) is 5. The number of aromatic nitrogens is 5. The Hall–Kier alpha value is -3.23. The highest BCUT2D eigenvalue weighted by atomic mass is 16.2. The molecule has 0 aliphatic heterocycles. The fourth-order valence-electron chi connectivity index (χ4n) is 2.58. The van der Waals surface area contributed by atoms with Gasteiger partial charge in [0.1, 0.15) is 12.1 Å². The van der Waals surface area contributed by atoms with Crippen LogP contribution in [0.1, 0.15) is 31.3 Å². The largest absolute Gasteiger partial charge is 0.350 e. The Labute approximate surface area is 156 Å². The molecule has 0 bridgehead atoms. The minimum absolute atomic E-state index is 0.00906. The second kappa shape index (κ2) is 7.98. The molecule has 0 radical (unpaired) electrons. The van der Waals surface area contributed by atoms with Crippen molar-refractivity contribution in [3.63, 3.8) is 0 Å². The summed E-state index contributed by atoms with van der Waals surface area (Å²) >= 11 is 0. The van der Waals surface area contributed by atoms with Crippen LogP contribution in [0.2, 0.25) is 0 Å². The van der Waals surface area contributed by atoms with Gasteiger partial charge in [0.25, 0.3) is 5.91 Å². The van der Waals surface area contributed by atoms with Gasteiger partial charge in [-0.3, -0.25) is 14.3 Å². The number of carbonyl (C=O) groups excluding carboxylic acids is 2. The van der Waals surface area contributed by atoms with Crippen molar-refractivity contribution in [1.82, 2.24) is 30.1 Å². The minimum atomic E-state index is -0.308. The van der Waals surface area contributed by atoms with Crippen LogP contribution in [0, 0.1) is 5.92 Å². The van der Waals surface area contributed by atoms with E-state index in [0.717, 1.165) is 11.0 Å². The lowest BCUT2D eigenvalue weighted by Crippen LogP contribution is -2.29. The van der Waals surface area contributed by atoms with E-state index in [-0.39, 0.29) is 24.1 Å². The topological polar surface area (TPSA) is 107 Å². The molecule has 0 aliphatic rings. The number of nitrogens with one attached hydrogen (secondary N) is 2. The first-order valence-corrected chi connectivity index (χ1v) is 8.91. The van der Waals surface area contributed by atoms with E-state index in [1.807, 2.05) is 45.0 Å². The molecule has 3 rings (SSSR count). The molecular weight excluding hydrogens is 346 g/mol. The third-order valence-corrected chi connectivity index (χ3v) is 3.96. The lowest BCUT2D eigenvalue weighted by atomic mass is 10.2. The van der Waals surface area contributed by atoms with E-state index in [9.17, 15) is 9.59 Å². The highest BCUT2D eigenvalue weighted by Crippen LogP contribution is 2.15. The van der Waals surface area contributed by atoms with Crippen LogP contribution in [0.3, 0.4) is 0 Å². The second-order valence-electron chi connectivity index (χ2n) is 6.63. The molecule has 0 saturated carbocycles. The number of hydrogen-bond acceptors (Lipinski definition) is 5. The van der Waals surface area contributed by atoms with E-state index in [0.29, 0.717) is 24.7 Å². The molecule has 2 N–H and O–H groups in total. The summed E-state index contributed by atoms with van der Waals surface area (Å²) in [5.74, 6) is -0.294. The summed E-state index contributed by atoms with van der Waals surface area (Å²) in [6, 6.07) is 7.41. The lowest BCUT2D eigenvalue weighted by molar-refractivity contribution is -0.116. The molecule has 9 nitrogen and oxygen atoms in total. The van der Waals surface area contributed by atoms with Gasteiger partial charge in [0, 0.05) is 19.3 Å². The fraction of sp³-hybridized carbons (Fsp3) is 0.389. The van der Waals surface area contributed by atoms with E-state index in [1.165, 1.54) is 4.68 Å². The lowest BCUT2D eigenvalue weighted by Gasteiger charge is -2.08. The summed E-state index contributed by atoms with van der Waals surface area (Å²) in [4.78, 5) is 24.9. The second-order valence-corrected chi connectivity index (χ2v) is 6.63. The molecule has 9 heteroatoms. The van der Waals surface area contributed by atoms with Crippen molar-refractivity contribution in [3.8, 4) is 0 Å². The van der Waals surface area contributed by atoms with E-state index < -0.39 is 0 Å². The van der Waals surface area contributed by atoms with Gasteiger partial charge < -0.3 is 10.6 Å². The average molecular weight is 369 g/mol. The minimum Gasteiger partial charge on any atom is -0.350 e. The molecule has 0 unspecified atom stereocenters. The first-order valence-electron chi connectivity index (χ1n) is 8.91. The van der Waals surface area contributed by atoms with Crippen LogP contribution in [0.4, 0.5) is 5.69 Å². The Kier molecular flexibility index (Phi) is 5.49. The van der Waals surface area contributed by atoms with E-state index in [2.05, 4.69) is 26.0 Å². The Balaban J connectivity index is 1.75. The number of rotatable bonds is 7.